The number of pyridine rings is 1. The Bertz CT molecular complexity index is 977. The number of aromatic nitrogens is 1. The van der Waals surface area contributed by atoms with E-state index in [1.165, 1.54) is 4.57 Å². The van der Waals surface area contributed by atoms with Crippen LogP contribution < -0.4 is 10.9 Å². The summed E-state index contributed by atoms with van der Waals surface area (Å²) in [6.45, 7) is 6.06. The van der Waals surface area contributed by atoms with Crippen molar-refractivity contribution in [3.05, 3.63) is 33.7 Å². The van der Waals surface area contributed by atoms with Gasteiger partial charge in [0.05, 0.1) is 30.2 Å². The maximum Gasteiger partial charge on any atom is 0.416 e. The molecule has 2 saturated heterocycles. The van der Waals surface area contributed by atoms with Crippen molar-refractivity contribution in [2.75, 3.05) is 13.2 Å². The van der Waals surface area contributed by atoms with Gasteiger partial charge < -0.3 is 19.5 Å². The molecule has 1 aromatic rings. The Morgan fingerprint density at radius 1 is 1.19 bits per heavy atom. The normalized spacial score (nSPS) is 37.1. The van der Waals surface area contributed by atoms with Gasteiger partial charge in [-0.25, -0.2) is 0 Å². The molecule has 0 aromatic carbocycles. The maximum atomic E-state index is 13.6. The van der Waals surface area contributed by atoms with E-state index in [9.17, 15) is 22.8 Å². The van der Waals surface area contributed by atoms with Crippen LogP contribution >= 0.6 is 0 Å². The molecule has 1 aliphatic carbocycles. The van der Waals surface area contributed by atoms with Gasteiger partial charge in [-0.1, -0.05) is 13.8 Å². The van der Waals surface area contributed by atoms with Crippen LogP contribution in [-0.4, -0.2) is 46.7 Å². The Morgan fingerprint density at radius 2 is 1.97 bits per heavy atom. The minimum absolute atomic E-state index is 0.0374. The van der Waals surface area contributed by atoms with Gasteiger partial charge in [-0.05, 0) is 43.6 Å². The molecule has 5 rings (SSSR count). The summed E-state index contributed by atoms with van der Waals surface area (Å²) < 4.78 is 46.6. The Hall–Kier alpha value is -1.87. The standard InChI is InChI=1S/C23H30F3N3O3/c1-13-12-32-6-4-18(13)27-16-3-5-22(9-16)14(2)19-11-28-17(10-29(19)21(22)31)7-15(8-20(28)30)23(24,25)26/h7-8,13-14,16,18-19,27H,3-6,9-12H2,1-2H3/t13?,14?,16-,18-,19?,22+/m1/s1. The quantitative estimate of drug-likeness (QED) is 0.748. The molecule has 3 unspecified atom stereocenters. The number of alkyl halides is 3. The number of nitrogens with zero attached hydrogens (tertiary/aromatic N) is 2. The van der Waals surface area contributed by atoms with E-state index in [0.29, 0.717) is 18.0 Å². The predicted octanol–water partition coefficient (Wildman–Crippen LogP) is 2.78. The zero-order valence-electron chi connectivity index (χ0n) is 18.5. The van der Waals surface area contributed by atoms with Gasteiger partial charge in [-0.3, -0.25) is 9.59 Å². The third-order valence-corrected chi connectivity index (χ3v) is 8.42. The molecule has 4 heterocycles. The van der Waals surface area contributed by atoms with Gasteiger partial charge in [0.25, 0.3) is 5.56 Å². The summed E-state index contributed by atoms with van der Waals surface area (Å²) in [6.07, 6.45) is -1.20. The molecule has 3 fully saturated rings. The van der Waals surface area contributed by atoms with Crippen LogP contribution in [0.15, 0.2) is 16.9 Å². The lowest BCUT2D eigenvalue weighted by Gasteiger charge is -2.34. The number of hydrogen-bond acceptors (Lipinski definition) is 4. The predicted molar refractivity (Wildman–Crippen MR) is 111 cm³/mol. The van der Waals surface area contributed by atoms with Gasteiger partial charge in [0.15, 0.2) is 0 Å². The van der Waals surface area contributed by atoms with Gasteiger partial charge >= 0.3 is 6.18 Å². The molecule has 0 bridgehead atoms. The fourth-order valence-electron chi connectivity index (χ4n) is 6.49. The van der Waals surface area contributed by atoms with Crippen molar-refractivity contribution in [1.29, 1.82) is 0 Å². The van der Waals surface area contributed by atoms with Gasteiger partial charge in [0, 0.05) is 37.0 Å². The first-order valence-corrected chi connectivity index (χ1v) is 11.6. The summed E-state index contributed by atoms with van der Waals surface area (Å²) in [4.78, 5) is 27.8. The third kappa shape index (κ3) is 3.39. The highest BCUT2D eigenvalue weighted by molar-refractivity contribution is 5.86. The number of carbonyl (C=O) groups is 1. The van der Waals surface area contributed by atoms with E-state index >= 15 is 0 Å². The second-order valence-corrected chi connectivity index (χ2v) is 10.2. The molecule has 6 nitrogen and oxygen atoms in total. The van der Waals surface area contributed by atoms with Crippen molar-refractivity contribution in [1.82, 2.24) is 14.8 Å². The van der Waals surface area contributed by atoms with Gasteiger partial charge in [0.1, 0.15) is 0 Å². The van der Waals surface area contributed by atoms with Crippen LogP contribution in [0.25, 0.3) is 0 Å². The first-order valence-electron chi connectivity index (χ1n) is 11.6. The average Bonchev–Trinajstić information content (AvgIpc) is 3.25. The third-order valence-electron chi connectivity index (χ3n) is 8.42. The Balaban J connectivity index is 1.37. The second kappa shape index (κ2) is 7.58. The molecular formula is C23H30F3N3O3. The molecule has 32 heavy (non-hydrogen) atoms. The van der Waals surface area contributed by atoms with Crippen LogP contribution in [0.5, 0.6) is 0 Å². The van der Waals surface area contributed by atoms with E-state index in [4.69, 9.17) is 4.74 Å². The minimum Gasteiger partial charge on any atom is -0.381 e. The van der Waals surface area contributed by atoms with Gasteiger partial charge in [-0.15, -0.1) is 0 Å². The van der Waals surface area contributed by atoms with Crippen molar-refractivity contribution in [3.8, 4) is 0 Å². The van der Waals surface area contributed by atoms with E-state index in [0.717, 1.165) is 45.0 Å². The van der Waals surface area contributed by atoms with E-state index < -0.39 is 22.7 Å². The molecule has 0 radical (unpaired) electrons. The number of rotatable bonds is 2. The summed E-state index contributed by atoms with van der Waals surface area (Å²) >= 11 is 0. The Morgan fingerprint density at radius 3 is 2.69 bits per heavy atom. The number of hydrogen-bond donors (Lipinski definition) is 1. The lowest BCUT2D eigenvalue weighted by Crippen LogP contribution is -2.46. The van der Waals surface area contributed by atoms with Crippen LogP contribution in [-0.2, 0) is 28.8 Å². The SMILES string of the molecule is CC1COCC[C@H]1N[C@@H]1CC[C@@]2(C1)C(=O)N1Cc3cc(C(F)(F)F)cc(=O)n3CC1C2C. The summed E-state index contributed by atoms with van der Waals surface area (Å²) in [5, 5.41) is 3.76. The molecule has 4 aliphatic rings. The molecule has 9 heteroatoms. The number of amides is 1. The van der Waals surface area contributed by atoms with Crippen molar-refractivity contribution < 1.29 is 22.7 Å². The van der Waals surface area contributed by atoms with Crippen molar-refractivity contribution >= 4 is 5.91 Å². The Kier molecular flexibility index (Phi) is 5.20. The van der Waals surface area contributed by atoms with Gasteiger partial charge in [-0.2, -0.15) is 13.2 Å². The maximum absolute atomic E-state index is 13.6. The molecule has 1 spiro atoms. The molecule has 1 saturated carbocycles. The number of carbonyl (C=O) groups excluding carboxylic acids is 1. The number of nitrogens with one attached hydrogen (secondary N) is 1. The summed E-state index contributed by atoms with van der Waals surface area (Å²) in [7, 11) is 0. The summed E-state index contributed by atoms with van der Waals surface area (Å²) in [5.41, 5.74) is -1.83. The largest absolute Gasteiger partial charge is 0.416 e. The highest BCUT2D eigenvalue weighted by atomic mass is 19.4. The fourth-order valence-corrected chi connectivity index (χ4v) is 6.49. The van der Waals surface area contributed by atoms with Crippen LogP contribution in [0.4, 0.5) is 13.2 Å². The van der Waals surface area contributed by atoms with E-state index in [-0.39, 0.29) is 42.7 Å². The number of fused-ring (bicyclic) bond motifs is 2. The minimum atomic E-state index is -4.58. The molecule has 1 N–H and O–H groups in total. The molecule has 3 aliphatic heterocycles. The zero-order valence-corrected chi connectivity index (χ0v) is 18.5. The smallest absolute Gasteiger partial charge is 0.381 e. The van der Waals surface area contributed by atoms with Crippen molar-refractivity contribution in [2.45, 2.75) is 76.9 Å². The lowest BCUT2D eigenvalue weighted by molar-refractivity contribution is -0.138. The van der Waals surface area contributed by atoms with E-state index in [1.807, 2.05) is 0 Å². The van der Waals surface area contributed by atoms with Crippen LogP contribution in [0.2, 0.25) is 0 Å². The van der Waals surface area contributed by atoms with E-state index in [2.05, 4.69) is 19.2 Å². The first kappa shape index (κ1) is 21.9. The summed E-state index contributed by atoms with van der Waals surface area (Å²) in [6, 6.07) is 2.15. The average molecular weight is 454 g/mol. The molecule has 1 aromatic heterocycles. The first-order chi connectivity index (χ1) is 15.1. The molecule has 1 amide bonds. The number of ether oxygens (including phenoxy) is 1. The second-order valence-electron chi connectivity index (χ2n) is 10.2. The zero-order chi connectivity index (χ0) is 22.8. The highest BCUT2D eigenvalue weighted by Crippen LogP contribution is 2.54. The Labute approximate surface area is 185 Å². The van der Waals surface area contributed by atoms with Crippen LogP contribution in [0.1, 0.15) is 50.8 Å². The highest BCUT2D eigenvalue weighted by Gasteiger charge is 2.60. The summed E-state index contributed by atoms with van der Waals surface area (Å²) in [5.74, 6) is 0.499. The van der Waals surface area contributed by atoms with Crippen molar-refractivity contribution in [2.24, 2.45) is 17.3 Å². The lowest BCUT2D eigenvalue weighted by atomic mass is 9.74. The topological polar surface area (TPSA) is 63.6 Å². The van der Waals surface area contributed by atoms with Crippen LogP contribution in [0, 0.1) is 17.3 Å². The fraction of sp³-hybridized carbons (Fsp3) is 0.739. The monoisotopic (exact) mass is 453 g/mol. The number of halogens is 3. The van der Waals surface area contributed by atoms with E-state index in [1.54, 1.807) is 4.90 Å². The van der Waals surface area contributed by atoms with Crippen LogP contribution in [0.3, 0.4) is 0 Å². The van der Waals surface area contributed by atoms with Crippen molar-refractivity contribution in [3.63, 3.8) is 0 Å². The molecule has 6 atom stereocenters. The molecular weight excluding hydrogens is 423 g/mol. The molecule has 176 valence electrons. The van der Waals surface area contributed by atoms with Gasteiger partial charge in [0.2, 0.25) is 5.91 Å².